The number of nitrogens with one attached hydrogen (secondary N) is 1. The Labute approximate surface area is 171 Å². The van der Waals surface area contributed by atoms with Crippen LogP contribution in [0, 0.1) is 0 Å². The molecule has 0 atom stereocenters. The van der Waals surface area contributed by atoms with Crippen LogP contribution in [0.3, 0.4) is 0 Å². The van der Waals surface area contributed by atoms with Crippen molar-refractivity contribution in [3.05, 3.63) is 53.1 Å². The zero-order chi connectivity index (χ0) is 19.6. The molecule has 0 aliphatic heterocycles. The van der Waals surface area contributed by atoms with Gasteiger partial charge in [-0.05, 0) is 55.0 Å². The van der Waals surface area contributed by atoms with E-state index in [0.29, 0.717) is 42.2 Å². The van der Waals surface area contributed by atoms with Crippen LogP contribution in [-0.4, -0.2) is 39.1 Å². The number of methoxy groups -OCH3 is 2. The lowest BCUT2D eigenvalue weighted by atomic mass is 10.2. The molecule has 2 rings (SSSR count). The minimum Gasteiger partial charge on any atom is -0.495 e. The van der Waals surface area contributed by atoms with Gasteiger partial charge in [0, 0.05) is 19.3 Å². The molecule has 0 fully saturated rings. The van der Waals surface area contributed by atoms with Gasteiger partial charge < -0.3 is 24.4 Å². The summed E-state index contributed by atoms with van der Waals surface area (Å²) < 4.78 is 15.8. The largest absolute Gasteiger partial charge is 0.495 e. The number of hydrogen-bond acceptors (Lipinski definition) is 4. The van der Waals surface area contributed by atoms with E-state index < -0.39 is 0 Å². The predicted octanol–water partition coefficient (Wildman–Crippen LogP) is 4.27. The second-order valence-electron chi connectivity index (χ2n) is 5.71. The first kappa shape index (κ1) is 21.3. The second kappa shape index (κ2) is 11.0. The van der Waals surface area contributed by atoms with E-state index in [0.717, 1.165) is 17.0 Å². The van der Waals surface area contributed by atoms with Crippen LogP contribution < -0.4 is 19.7 Å². The fourth-order valence-corrected chi connectivity index (χ4v) is 3.02. The summed E-state index contributed by atoms with van der Waals surface area (Å²) in [5, 5.41) is 4.35. The Morgan fingerprint density at radius 1 is 1.15 bits per heavy atom. The summed E-state index contributed by atoms with van der Waals surface area (Å²) in [6.07, 6.45) is 0. The van der Waals surface area contributed by atoms with Crippen molar-refractivity contribution in [1.82, 2.24) is 5.32 Å². The molecular weight excluding hydrogens is 384 g/mol. The van der Waals surface area contributed by atoms with Crippen molar-refractivity contribution in [2.45, 2.75) is 13.5 Å². The summed E-state index contributed by atoms with van der Waals surface area (Å²) in [6.45, 7) is 4.39. The molecule has 146 valence electrons. The van der Waals surface area contributed by atoms with Crippen molar-refractivity contribution in [3.63, 3.8) is 0 Å². The third kappa shape index (κ3) is 6.27. The predicted molar refractivity (Wildman–Crippen MR) is 114 cm³/mol. The number of thiocarbonyl (C=S) groups is 1. The van der Waals surface area contributed by atoms with Crippen molar-refractivity contribution < 1.29 is 14.2 Å². The molecule has 0 amide bonds. The Bertz CT molecular complexity index is 741. The summed E-state index contributed by atoms with van der Waals surface area (Å²) in [4.78, 5) is 1.99. The summed E-state index contributed by atoms with van der Waals surface area (Å²) in [6, 6.07) is 13.6. The monoisotopic (exact) mass is 408 g/mol. The fraction of sp³-hybridized carbons (Fsp3) is 0.350. The molecule has 0 radical (unpaired) electrons. The van der Waals surface area contributed by atoms with Gasteiger partial charge in [-0.3, -0.25) is 0 Å². The lowest BCUT2D eigenvalue weighted by Crippen LogP contribution is -2.40. The van der Waals surface area contributed by atoms with E-state index in [-0.39, 0.29) is 0 Å². The van der Waals surface area contributed by atoms with Gasteiger partial charge in [0.1, 0.15) is 11.5 Å². The quantitative estimate of drug-likeness (QED) is 0.493. The highest BCUT2D eigenvalue weighted by Crippen LogP contribution is 2.30. The van der Waals surface area contributed by atoms with E-state index in [1.165, 1.54) is 0 Å². The highest BCUT2D eigenvalue weighted by Gasteiger charge is 2.15. The van der Waals surface area contributed by atoms with Crippen LogP contribution in [0.25, 0.3) is 0 Å². The van der Waals surface area contributed by atoms with Crippen LogP contribution in [0.5, 0.6) is 11.5 Å². The van der Waals surface area contributed by atoms with Gasteiger partial charge in [-0.15, -0.1) is 0 Å². The molecule has 7 heteroatoms. The molecule has 0 saturated heterocycles. The van der Waals surface area contributed by atoms with E-state index in [1.807, 2.05) is 54.3 Å². The SMILES string of the molecule is CCOc1ccc(CN(C(=S)NCCOC)c2ccc(OC)c(Cl)c2)cc1. The average molecular weight is 409 g/mol. The number of nitrogens with zero attached hydrogens (tertiary/aromatic N) is 1. The number of hydrogen-bond donors (Lipinski definition) is 1. The van der Waals surface area contributed by atoms with Gasteiger partial charge in [-0.25, -0.2) is 0 Å². The fourth-order valence-electron chi connectivity index (χ4n) is 2.50. The van der Waals surface area contributed by atoms with E-state index in [2.05, 4.69) is 5.32 Å². The molecule has 5 nitrogen and oxygen atoms in total. The van der Waals surface area contributed by atoms with E-state index >= 15 is 0 Å². The standard InChI is InChI=1S/C20H25ClN2O3S/c1-4-26-17-8-5-15(6-9-17)14-23(20(27)22-11-12-24-2)16-7-10-19(25-3)18(21)13-16/h5-10,13H,4,11-12,14H2,1-3H3,(H,22,27). The van der Waals surface area contributed by atoms with Crippen LogP contribution in [-0.2, 0) is 11.3 Å². The number of anilines is 1. The maximum Gasteiger partial charge on any atom is 0.173 e. The van der Waals surface area contributed by atoms with Crippen LogP contribution in [0.1, 0.15) is 12.5 Å². The first-order valence-electron chi connectivity index (χ1n) is 8.68. The molecule has 0 saturated carbocycles. The van der Waals surface area contributed by atoms with Crippen molar-refractivity contribution in [2.75, 3.05) is 38.9 Å². The molecule has 0 aliphatic rings. The number of benzene rings is 2. The first-order chi connectivity index (χ1) is 13.1. The minimum atomic E-state index is 0.534. The molecule has 0 spiro atoms. The van der Waals surface area contributed by atoms with E-state index in [9.17, 15) is 0 Å². The Balaban J connectivity index is 2.23. The molecule has 0 bridgehead atoms. The molecule has 2 aromatic rings. The van der Waals surface area contributed by atoms with Gasteiger partial charge >= 0.3 is 0 Å². The van der Waals surface area contributed by atoms with Crippen LogP contribution in [0.2, 0.25) is 5.02 Å². The van der Waals surface area contributed by atoms with Crippen LogP contribution >= 0.6 is 23.8 Å². The van der Waals surface area contributed by atoms with Gasteiger partial charge in [0.25, 0.3) is 0 Å². The zero-order valence-electron chi connectivity index (χ0n) is 15.8. The Morgan fingerprint density at radius 2 is 1.89 bits per heavy atom. The molecule has 2 aromatic carbocycles. The smallest absolute Gasteiger partial charge is 0.173 e. The number of ether oxygens (including phenoxy) is 3. The normalized spacial score (nSPS) is 10.4. The lowest BCUT2D eigenvalue weighted by Gasteiger charge is -2.26. The summed E-state index contributed by atoms with van der Waals surface area (Å²) in [7, 11) is 3.25. The van der Waals surface area contributed by atoms with Gasteiger partial charge in [-0.1, -0.05) is 23.7 Å². The highest BCUT2D eigenvalue weighted by molar-refractivity contribution is 7.80. The second-order valence-corrected chi connectivity index (χ2v) is 6.50. The van der Waals surface area contributed by atoms with Crippen LogP contribution in [0.15, 0.2) is 42.5 Å². The maximum absolute atomic E-state index is 6.31. The third-order valence-corrected chi connectivity index (χ3v) is 4.51. The summed E-state index contributed by atoms with van der Waals surface area (Å²) in [5.74, 6) is 1.47. The Kier molecular flexibility index (Phi) is 8.64. The van der Waals surface area contributed by atoms with Gasteiger partial charge in [0.2, 0.25) is 0 Å². The molecule has 0 heterocycles. The van der Waals surface area contributed by atoms with E-state index in [4.69, 9.17) is 38.0 Å². The molecule has 0 aliphatic carbocycles. The number of halogens is 1. The topological polar surface area (TPSA) is 43.0 Å². The molecule has 0 unspecified atom stereocenters. The maximum atomic E-state index is 6.31. The zero-order valence-corrected chi connectivity index (χ0v) is 17.4. The Morgan fingerprint density at radius 3 is 2.48 bits per heavy atom. The molecule has 27 heavy (non-hydrogen) atoms. The summed E-state index contributed by atoms with van der Waals surface area (Å²) in [5.41, 5.74) is 1.98. The van der Waals surface area contributed by atoms with Crippen molar-refractivity contribution in [2.24, 2.45) is 0 Å². The van der Waals surface area contributed by atoms with Gasteiger partial charge in [-0.2, -0.15) is 0 Å². The average Bonchev–Trinajstić information content (AvgIpc) is 2.67. The first-order valence-corrected chi connectivity index (χ1v) is 9.47. The Hall–Kier alpha value is -2.02. The molecule has 1 N–H and O–H groups in total. The van der Waals surface area contributed by atoms with Gasteiger partial charge in [0.05, 0.1) is 31.9 Å². The summed E-state index contributed by atoms with van der Waals surface area (Å²) >= 11 is 11.9. The lowest BCUT2D eigenvalue weighted by molar-refractivity contribution is 0.204. The highest BCUT2D eigenvalue weighted by atomic mass is 35.5. The molecular formula is C20H25ClN2O3S. The third-order valence-electron chi connectivity index (χ3n) is 3.85. The van der Waals surface area contributed by atoms with Crippen molar-refractivity contribution >= 4 is 34.6 Å². The minimum absolute atomic E-state index is 0.534. The molecule has 0 aromatic heterocycles. The number of rotatable bonds is 9. The van der Waals surface area contributed by atoms with Crippen molar-refractivity contribution in [1.29, 1.82) is 0 Å². The van der Waals surface area contributed by atoms with E-state index in [1.54, 1.807) is 14.2 Å². The van der Waals surface area contributed by atoms with Crippen LogP contribution in [0.4, 0.5) is 5.69 Å². The van der Waals surface area contributed by atoms with Crippen molar-refractivity contribution in [3.8, 4) is 11.5 Å². The van der Waals surface area contributed by atoms with Gasteiger partial charge in [0.15, 0.2) is 5.11 Å².